The van der Waals surface area contributed by atoms with Crippen LogP contribution < -0.4 is 5.32 Å². The molecule has 16 heavy (non-hydrogen) atoms. The third kappa shape index (κ3) is 4.52. The molecule has 1 N–H and O–H groups in total. The number of hydrogen-bond donors (Lipinski definition) is 1. The van der Waals surface area contributed by atoms with Gasteiger partial charge in [-0.1, -0.05) is 33.6 Å². The Kier molecular flexibility index (Phi) is 5.81. The van der Waals surface area contributed by atoms with E-state index in [0.29, 0.717) is 25.2 Å². The molecule has 94 valence electrons. The van der Waals surface area contributed by atoms with Crippen LogP contribution in [0, 0.1) is 11.8 Å². The quantitative estimate of drug-likeness (QED) is 0.732. The number of ether oxygens (including phenoxy) is 1. The van der Waals surface area contributed by atoms with E-state index in [2.05, 4.69) is 12.2 Å². The van der Waals surface area contributed by atoms with Crippen LogP contribution in [0.3, 0.4) is 0 Å². The van der Waals surface area contributed by atoms with Gasteiger partial charge in [-0.25, -0.2) is 0 Å². The monoisotopic (exact) mass is 227 g/mol. The van der Waals surface area contributed by atoms with Crippen LogP contribution in [0.1, 0.15) is 46.5 Å². The molecule has 3 nitrogen and oxygen atoms in total. The minimum atomic E-state index is 0.0635. The Bertz CT molecular complexity index is 216. The minimum absolute atomic E-state index is 0.0635. The van der Waals surface area contributed by atoms with Crippen molar-refractivity contribution in [2.75, 3.05) is 13.2 Å². The Morgan fingerprint density at radius 1 is 1.38 bits per heavy atom. The highest BCUT2D eigenvalue weighted by Gasteiger charge is 2.21. The van der Waals surface area contributed by atoms with Crippen molar-refractivity contribution in [3.8, 4) is 0 Å². The summed E-state index contributed by atoms with van der Waals surface area (Å²) in [7, 11) is 0. The van der Waals surface area contributed by atoms with E-state index in [1.807, 2.05) is 13.8 Å². The number of hydrogen-bond acceptors (Lipinski definition) is 2. The predicted octanol–water partition coefficient (Wildman–Crippen LogP) is 2.35. The number of rotatable bonds is 5. The van der Waals surface area contributed by atoms with E-state index in [1.165, 1.54) is 25.7 Å². The molecule has 1 amide bonds. The van der Waals surface area contributed by atoms with E-state index in [1.54, 1.807) is 0 Å². The van der Waals surface area contributed by atoms with Crippen LogP contribution in [-0.2, 0) is 9.53 Å². The number of amides is 1. The Hall–Kier alpha value is -0.570. The summed E-state index contributed by atoms with van der Waals surface area (Å²) in [6, 6.07) is 0. The first kappa shape index (κ1) is 13.5. The van der Waals surface area contributed by atoms with E-state index in [-0.39, 0.29) is 11.8 Å². The first-order chi connectivity index (χ1) is 7.61. The fraction of sp³-hybridized carbons (Fsp3) is 0.923. The SMILES string of the molecule is CC(C)C(=O)NCCO[C@@H]1CCCC[C@@H]1C. The van der Waals surface area contributed by atoms with E-state index >= 15 is 0 Å². The maximum atomic E-state index is 11.3. The lowest BCUT2D eigenvalue weighted by Crippen LogP contribution is -2.33. The topological polar surface area (TPSA) is 38.3 Å². The molecule has 0 heterocycles. The van der Waals surface area contributed by atoms with Gasteiger partial charge in [0, 0.05) is 12.5 Å². The van der Waals surface area contributed by atoms with Crippen molar-refractivity contribution in [1.29, 1.82) is 0 Å². The van der Waals surface area contributed by atoms with Crippen LogP contribution in [-0.4, -0.2) is 25.2 Å². The van der Waals surface area contributed by atoms with Crippen molar-refractivity contribution in [3.05, 3.63) is 0 Å². The van der Waals surface area contributed by atoms with Gasteiger partial charge in [-0.15, -0.1) is 0 Å². The van der Waals surface area contributed by atoms with Gasteiger partial charge in [0.15, 0.2) is 0 Å². The van der Waals surface area contributed by atoms with Crippen molar-refractivity contribution in [2.45, 2.75) is 52.6 Å². The van der Waals surface area contributed by atoms with Gasteiger partial charge in [-0.2, -0.15) is 0 Å². The molecule has 0 saturated heterocycles. The van der Waals surface area contributed by atoms with Crippen molar-refractivity contribution in [3.63, 3.8) is 0 Å². The lowest BCUT2D eigenvalue weighted by atomic mass is 9.88. The molecule has 2 atom stereocenters. The third-order valence-electron chi connectivity index (χ3n) is 3.29. The van der Waals surface area contributed by atoms with Gasteiger partial charge in [-0.3, -0.25) is 4.79 Å². The fourth-order valence-electron chi connectivity index (χ4n) is 2.12. The lowest BCUT2D eigenvalue weighted by molar-refractivity contribution is -0.124. The molecule has 0 aliphatic heterocycles. The van der Waals surface area contributed by atoms with Crippen molar-refractivity contribution >= 4 is 5.91 Å². The highest BCUT2D eigenvalue weighted by atomic mass is 16.5. The molecule has 1 rings (SSSR count). The summed E-state index contributed by atoms with van der Waals surface area (Å²) in [5.74, 6) is 0.850. The zero-order chi connectivity index (χ0) is 12.0. The molecule has 0 spiro atoms. The molecule has 0 aromatic rings. The molecule has 1 aliphatic rings. The molecule has 0 aromatic carbocycles. The van der Waals surface area contributed by atoms with Crippen molar-refractivity contribution in [1.82, 2.24) is 5.32 Å². The zero-order valence-corrected chi connectivity index (χ0v) is 10.8. The van der Waals surface area contributed by atoms with E-state index in [9.17, 15) is 4.79 Å². The van der Waals surface area contributed by atoms with Gasteiger partial charge in [0.2, 0.25) is 5.91 Å². The third-order valence-corrected chi connectivity index (χ3v) is 3.29. The van der Waals surface area contributed by atoms with Crippen LogP contribution in [0.5, 0.6) is 0 Å². The molecule has 0 unspecified atom stereocenters. The first-order valence-corrected chi connectivity index (χ1v) is 6.50. The van der Waals surface area contributed by atoms with Gasteiger partial charge in [-0.05, 0) is 18.8 Å². The molecule has 0 radical (unpaired) electrons. The summed E-state index contributed by atoms with van der Waals surface area (Å²) >= 11 is 0. The molecule has 3 heteroatoms. The summed E-state index contributed by atoms with van der Waals surface area (Å²) in [6.07, 6.45) is 5.49. The summed E-state index contributed by atoms with van der Waals surface area (Å²) in [5, 5.41) is 2.87. The standard InChI is InChI=1S/C13H25NO2/c1-10(2)13(15)14-8-9-16-12-7-5-4-6-11(12)3/h10-12H,4-9H2,1-3H3,(H,14,15)/t11-,12+/m0/s1. The Morgan fingerprint density at radius 2 is 2.06 bits per heavy atom. The highest BCUT2D eigenvalue weighted by molar-refractivity contribution is 5.77. The van der Waals surface area contributed by atoms with Crippen LogP contribution in [0.4, 0.5) is 0 Å². The van der Waals surface area contributed by atoms with Gasteiger partial charge < -0.3 is 10.1 Å². The lowest BCUT2D eigenvalue weighted by Gasteiger charge is -2.28. The summed E-state index contributed by atoms with van der Waals surface area (Å²) < 4.78 is 5.81. The number of nitrogens with one attached hydrogen (secondary N) is 1. The fourth-order valence-corrected chi connectivity index (χ4v) is 2.12. The predicted molar refractivity (Wildman–Crippen MR) is 65.2 cm³/mol. The Balaban J connectivity index is 2.08. The second-order valence-electron chi connectivity index (χ2n) is 5.12. The second-order valence-corrected chi connectivity index (χ2v) is 5.12. The molecular weight excluding hydrogens is 202 g/mol. The number of carbonyl (C=O) groups is 1. The molecule has 0 aromatic heterocycles. The molecular formula is C13H25NO2. The average molecular weight is 227 g/mol. The Labute approximate surface area is 98.9 Å². The van der Waals surface area contributed by atoms with Crippen LogP contribution >= 0.6 is 0 Å². The van der Waals surface area contributed by atoms with Crippen molar-refractivity contribution < 1.29 is 9.53 Å². The van der Waals surface area contributed by atoms with Gasteiger partial charge >= 0.3 is 0 Å². The van der Waals surface area contributed by atoms with Crippen LogP contribution in [0.2, 0.25) is 0 Å². The molecule has 1 saturated carbocycles. The maximum Gasteiger partial charge on any atom is 0.222 e. The van der Waals surface area contributed by atoms with Gasteiger partial charge in [0.05, 0.1) is 12.7 Å². The summed E-state index contributed by atoms with van der Waals surface area (Å²) in [6.45, 7) is 7.35. The largest absolute Gasteiger partial charge is 0.376 e. The summed E-state index contributed by atoms with van der Waals surface area (Å²) in [4.78, 5) is 11.3. The van der Waals surface area contributed by atoms with Gasteiger partial charge in [0.25, 0.3) is 0 Å². The van der Waals surface area contributed by atoms with E-state index < -0.39 is 0 Å². The minimum Gasteiger partial charge on any atom is -0.376 e. The van der Waals surface area contributed by atoms with Crippen LogP contribution in [0.15, 0.2) is 0 Å². The second kappa shape index (κ2) is 6.89. The van der Waals surface area contributed by atoms with Crippen molar-refractivity contribution in [2.24, 2.45) is 11.8 Å². The van der Waals surface area contributed by atoms with E-state index in [0.717, 1.165) is 0 Å². The first-order valence-electron chi connectivity index (χ1n) is 6.50. The smallest absolute Gasteiger partial charge is 0.222 e. The molecule has 1 fully saturated rings. The molecule has 1 aliphatic carbocycles. The summed E-state index contributed by atoms with van der Waals surface area (Å²) in [5.41, 5.74) is 0. The maximum absolute atomic E-state index is 11.3. The Morgan fingerprint density at radius 3 is 2.69 bits per heavy atom. The average Bonchev–Trinajstić information content (AvgIpc) is 2.26. The zero-order valence-electron chi connectivity index (χ0n) is 10.8. The molecule has 0 bridgehead atoms. The number of carbonyl (C=O) groups excluding carboxylic acids is 1. The van der Waals surface area contributed by atoms with E-state index in [4.69, 9.17) is 4.74 Å². The van der Waals surface area contributed by atoms with Crippen LogP contribution in [0.25, 0.3) is 0 Å². The highest BCUT2D eigenvalue weighted by Crippen LogP contribution is 2.25. The van der Waals surface area contributed by atoms with Gasteiger partial charge in [0.1, 0.15) is 0 Å². The normalized spacial score (nSPS) is 25.8.